The molecule has 0 saturated carbocycles. The summed E-state index contributed by atoms with van der Waals surface area (Å²) in [7, 11) is 0. The normalized spacial score (nSPS) is 15.4. The first-order valence-electron chi connectivity index (χ1n) is 6.70. The van der Waals surface area contributed by atoms with Crippen LogP contribution in [0.3, 0.4) is 0 Å². The fraction of sp³-hybridized carbons (Fsp3) is 0.615. The lowest BCUT2D eigenvalue weighted by atomic mass is 10.3. The van der Waals surface area contributed by atoms with E-state index in [1.165, 1.54) is 0 Å². The fourth-order valence-corrected chi connectivity index (χ4v) is 2.37. The number of rotatable bonds is 2. The maximum atomic E-state index is 11.6. The number of anilines is 1. The van der Waals surface area contributed by atoms with Gasteiger partial charge in [0.15, 0.2) is 11.0 Å². The van der Waals surface area contributed by atoms with Gasteiger partial charge in [0.05, 0.1) is 18.0 Å². The lowest BCUT2D eigenvalue weighted by molar-refractivity contribution is 0.105. The van der Waals surface area contributed by atoms with Crippen molar-refractivity contribution < 1.29 is 9.53 Å². The third-order valence-corrected chi connectivity index (χ3v) is 3.61. The van der Waals surface area contributed by atoms with Crippen molar-refractivity contribution in [2.45, 2.75) is 20.8 Å². The summed E-state index contributed by atoms with van der Waals surface area (Å²) < 4.78 is 5.00. The Morgan fingerprint density at radius 3 is 2.40 bits per heavy atom. The van der Waals surface area contributed by atoms with Crippen molar-refractivity contribution >= 4 is 23.5 Å². The maximum Gasteiger partial charge on any atom is 0.409 e. The van der Waals surface area contributed by atoms with E-state index in [1.54, 1.807) is 11.8 Å². The smallest absolute Gasteiger partial charge is 0.409 e. The standard InChI is InChI=1S/C13H19ClN4O2/c1-4-20-13(19)18-7-5-17(6-8-18)12-11(14)15-9(2)10(3)16-12/h4-8H2,1-3H3. The van der Waals surface area contributed by atoms with Gasteiger partial charge in [0.25, 0.3) is 0 Å². The Morgan fingerprint density at radius 2 is 1.80 bits per heavy atom. The highest BCUT2D eigenvalue weighted by molar-refractivity contribution is 6.31. The number of hydrogen-bond acceptors (Lipinski definition) is 5. The highest BCUT2D eigenvalue weighted by Gasteiger charge is 2.24. The van der Waals surface area contributed by atoms with Gasteiger partial charge in [-0.05, 0) is 20.8 Å². The van der Waals surface area contributed by atoms with Crippen molar-refractivity contribution in [3.63, 3.8) is 0 Å². The molecule has 1 aliphatic heterocycles. The second-order valence-corrected chi connectivity index (χ2v) is 5.04. The van der Waals surface area contributed by atoms with Crippen molar-refractivity contribution in [3.8, 4) is 0 Å². The van der Waals surface area contributed by atoms with Crippen LogP contribution in [0.5, 0.6) is 0 Å². The van der Waals surface area contributed by atoms with Crippen molar-refractivity contribution in [2.24, 2.45) is 0 Å². The van der Waals surface area contributed by atoms with Gasteiger partial charge in [-0.1, -0.05) is 11.6 Å². The molecule has 0 spiro atoms. The molecule has 1 aromatic rings. The summed E-state index contributed by atoms with van der Waals surface area (Å²) in [5.74, 6) is 0.693. The lowest BCUT2D eigenvalue weighted by Gasteiger charge is -2.35. The molecule has 110 valence electrons. The second kappa shape index (κ2) is 6.26. The Kier molecular flexibility index (Phi) is 4.65. The average Bonchev–Trinajstić information content (AvgIpc) is 2.43. The summed E-state index contributed by atoms with van der Waals surface area (Å²) in [5.41, 5.74) is 1.71. The summed E-state index contributed by atoms with van der Waals surface area (Å²) in [4.78, 5) is 24.2. The second-order valence-electron chi connectivity index (χ2n) is 4.68. The van der Waals surface area contributed by atoms with Gasteiger partial charge >= 0.3 is 6.09 Å². The van der Waals surface area contributed by atoms with Crippen LogP contribution in [0.1, 0.15) is 18.3 Å². The predicted molar refractivity (Wildman–Crippen MR) is 77.3 cm³/mol. The van der Waals surface area contributed by atoms with E-state index in [0.717, 1.165) is 11.4 Å². The van der Waals surface area contributed by atoms with E-state index >= 15 is 0 Å². The number of hydrogen-bond donors (Lipinski definition) is 0. The molecular weight excluding hydrogens is 280 g/mol. The van der Waals surface area contributed by atoms with Crippen LogP contribution in [0.25, 0.3) is 0 Å². The van der Waals surface area contributed by atoms with Crippen molar-refractivity contribution in [3.05, 3.63) is 16.5 Å². The molecule has 1 fully saturated rings. The molecule has 0 unspecified atom stereocenters. The minimum Gasteiger partial charge on any atom is -0.450 e. The van der Waals surface area contributed by atoms with E-state index in [4.69, 9.17) is 16.3 Å². The van der Waals surface area contributed by atoms with E-state index in [9.17, 15) is 4.79 Å². The SMILES string of the molecule is CCOC(=O)N1CCN(c2nc(C)c(C)nc2Cl)CC1. The average molecular weight is 299 g/mol. The lowest BCUT2D eigenvalue weighted by Crippen LogP contribution is -2.49. The molecule has 2 heterocycles. The van der Waals surface area contributed by atoms with Gasteiger partial charge in [-0.15, -0.1) is 0 Å². The molecule has 0 aromatic carbocycles. The Hall–Kier alpha value is -1.56. The summed E-state index contributed by atoms with van der Waals surface area (Å²) in [6.45, 7) is 8.55. The molecule has 20 heavy (non-hydrogen) atoms. The predicted octanol–water partition coefficient (Wildman–Crippen LogP) is 2.03. The Morgan fingerprint density at radius 1 is 1.20 bits per heavy atom. The molecule has 0 aliphatic carbocycles. The molecular formula is C13H19ClN4O2. The molecule has 0 atom stereocenters. The van der Waals surface area contributed by atoms with Gasteiger partial charge in [-0.3, -0.25) is 0 Å². The first-order valence-corrected chi connectivity index (χ1v) is 7.08. The first kappa shape index (κ1) is 14.8. The topological polar surface area (TPSA) is 58.6 Å². The molecule has 0 radical (unpaired) electrons. The zero-order valence-electron chi connectivity index (χ0n) is 12.0. The number of nitrogens with zero attached hydrogens (tertiary/aromatic N) is 4. The molecule has 0 N–H and O–H groups in total. The minimum atomic E-state index is -0.260. The monoisotopic (exact) mass is 298 g/mol. The Bertz CT molecular complexity index is 501. The van der Waals surface area contributed by atoms with Gasteiger partial charge in [0, 0.05) is 26.2 Å². The molecule has 6 nitrogen and oxygen atoms in total. The summed E-state index contributed by atoms with van der Waals surface area (Å²) in [6, 6.07) is 0. The van der Waals surface area contributed by atoms with Crippen LogP contribution < -0.4 is 4.90 Å². The van der Waals surface area contributed by atoms with Crippen LogP contribution >= 0.6 is 11.6 Å². The van der Waals surface area contributed by atoms with Crippen LogP contribution in [0.15, 0.2) is 0 Å². The van der Waals surface area contributed by atoms with Crippen LogP contribution in [-0.2, 0) is 4.74 Å². The van der Waals surface area contributed by atoms with E-state index < -0.39 is 0 Å². The van der Waals surface area contributed by atoms with E-state index in [0.29, 0.717) is 43.8 Å². The molecule has 0 bridgehead atoms. The Labute approximate surface area is 123 Å². The fourth-order valence-electron chi connectivity index (χ4n) is 2.08. The molecule has 1 saturated heterocycles. The van der Waals surface area contributed by atoms with Crippen molar-refractivity contribution in [1.82, 2.24) is 14.9 Å². The number of aryl methyl sites for hydroxylation is 2. The number of amides is 1. The number of halogens is 1. The quantitative estimate of drug-likeness (QED) is 0.836. The third-order valence-electron chi connectivity index (χ3n) is 3.35. The zero-order valence-corrected chi connectivity index (χ0v) is 12.8. The zero-order chi connectivity index (χ0) is 14.7. The van der Waals surface area contributed by atoms with Gasteiger partial charge in [-0.2, -0.15) is 0 Å². The minimum absolute atomic E-state index is 0.260. The molecule has 1 aliphatic rings. The van der Waals surface area contributed by atoms with E-state index in [2.05, 4.69) is 14.9 Å². The summed E-state index contributed by atoms with van der Waals surface area (Å²) in [6.07, 6.45) is -0.260. The maximum absolute atomic E-state index is 11.6. The highest BCUT2D eigenvalue weighted by Crippen LogP contribution is 2.23. The van der Waals surface area contributed by atoms with Gasteiger partial charge in [-0.25, -0.2) is 14.8 Å². The van der Waals surface area contributed by atoms with Crippen LogP contribution in [0.4, 0.5) is 10.6 Å². The van der Waals surface area contributed by atoms with Gasteiger partial charge in [0.1, 0.15) is 0 Å². The van der Waals surface area contributed by atoms with E-state index in [1.807, 2.05) is 13.8 Å². The molecule has 2 rings (SSSR count). The third kappa shape index (κ3) is 3.12. The highest BCUT2D eigenvalue weighted by atomic mass is 35.5. The molecule has 1 aromatic heterocycles. The number of aromatic nitrogens is 2. The van der Waals surface area contributed by atoms with Crippen molar-refractivity contribution in [1.29, 1.82) is 0 Å². The number of carbonyl (C=O) groups excluding carboxylic acids is 1. The van der Waals surface area contributed by atoms with Crippen LogP contribution in [-0.4, -0.2) is 53.7 Å². The van der Waals surface area contributed by atoms with Crippen LogP contribution in [0.2, 0.25) is 5.15 Å². The largest absolute Gasteiger partial charge is 0.450 e. The van der Waals surface area contributed by atoms with E-state index in [-0.39, 0.29) is 6.09 Å². The Balaban J connectivity index is 2.04. The van der Waals surface area contributed by atoms with Crippen molar-refractivity contribution in [2.75, 3.05) is 37.7 Å². The summed E-state index contributed by atoms with van der Waals surface area (Å²) >= 11 is 6.16. The first-order chi connectivity index (χ1) is 9.52. The molecule has 7 heteroatoms. The number of ether oxygens (including phenoxy) is 1. The molecule has 1 amide bonds. The van der Waals surface area contributed by atoms with Crippen LogP contribution in [0, 0.1) is 13.8 Å². The van der Waals surface area contributed by atoms with Gasteiger partial charge < -0.3 is 14.5 Å². The number of piperazine rings is 1. The number of carbonyl (C=O) groups is 1. The summed E-state index contributed by atoms with van der Waals surface area (Å²) in [5, 5.41) is 0.415. The van der Waals surface area contributed by atoms with Gasteiger partial charge in [0.2, 0.25) is 0 Å².